The van der Waals surface area contributed by atoms with Crippen LogP contribution in [0.25, 0.3) is 0 Å². The summed E-state index contributed by atoms with van der Waals surface area (Å²) in [5, 5.41) is 0. The Hall–Kier alpha value is -2.29. The van der Waals surface area contributed by atoms with Crippen molar-refractivity contribution in [3.05, 3.63) is 72.2 Å². The van der Waals surface area contributed by atoms with Crippen molar-refractivity contribution >= 4 is 5.97 Å². The number of hydrogen-bond acceptors (Lipinski definition) is 3. The zero-order valence-corrected chi connectivity index (χ0v) is 10.8. The van der Waals surface area contributed by atoms with Crippen LogP contribution < -0.4 is 0 Å². The minimum Gasteiger partial charge on any atom is -0.462 e. The molecule has 1 aromatic heterocycles. The highest BCUT2D eigenvalue weighted by Crippen LogP contribution is 2.25. The summed E-state index contributed by atoms with van der Waals surface area (Å²) in [4.78, 5) is 12.0. The Balaban J connectivity index is 2.13. The van der Waals surface area contributed by atoms with Gasteiger partial charge in [-0.25, -0.2) is 4.79 Å². The number of furan rings is 1. The summed E-state index contributed by atoms with van der Waals surface area (Å²) in [5.74, 6) is 1.07. The molecule has 0 aliphatic carbocycles. The molecule has 3 nitrogen and oxygen atoms in total. The Kier molecular flexibility index (Phi) is 4.18. The summed E-state index contributed by atoms with van der Waals surface area (Å²) in [5.41, 5.74) is 0.528. The Morgan fingerprint density at radius 3 is 2.63 bits per heavy atom. The van der Waals surface area contributed by atoms with Gasteiger partial charge in [-0.3, -0.25) is 0 Å². The fourth-order valence-corrected chi connectivity index (χ4v) is 1.77. The first-order valence-electron chi connectivity index (χ1n) is 6.14. The first-order chi connectivity index (χ1) is 9.20. The maximum absolute atomic E-state index is 12.0. The van der Waals surface area contributed by atoms with Crippen molar-refractivity contribution in [3.63, 3.8) is 0 Å². The monoisotopic (exact) mass is 256 g/mol. The van der Waals surface area contributed by atoms with Crippen LogP contribution in [0.2, 0.25) is 0 Å². The van der Waals surface area contributed by atoms with E-state index in [0.29, 0.717) is 17.7 Å². The van der Waals surface area contributed by atoms with E-state index in [4.69, 9.17) is 9.15 Å². The summed E-state index contributed by atoms with van der Waals surface area (Å²) in [6.45, 7) is 5.53. The van der Waals surface area contributed by atoms with Gasteiger partial charge in [-0.05, 0) is 31.2 Å². The molecule has 3 heteroatoms. The molecular formula is C16H16O3. The van der Waals surface area contributed by atoms with Gasteiger partial charge >= 0.3 is 5.97 Å². The molecule has 0 radical (unpaired) electrons. The predicted octanol–water partition coefficient (Wildman–Crippen LogP) is 4.06. The quantitative estimate of drug-likeness (QED) is 0.598. The van der Waals surface area contributed by atoms with Gasteiger partial charge in [0.2, 0.25) is 0 Å². The number of carbonyl (C=O) groups excluding carboxylic acids is 1. The molecule has 1 aromatic carbocycles. The first-order valence-corrected chi connectivity index (χ1v) is 6.14. The van der Waals surface area contributed by atoms with Crippen LogP contribution in [0.5, 0.6) is 0 Å². The van der Waals surface area contributed by atoms with E-state index >= 15 is 0 Å². The molecule has 0 spiro atoms. The van der Waals surface area contributed by atoms with Crippen molar-refractivity contribution in [2.45, 2.75) is 19.4 Å². The van der Waals surface area contributed by atoms with Crippen LogP contribution in [0.1, 0.15) is 34.4 Å². The number of rotatable bonds is 5. The number of aryl methyl sites for hydroxylation is 1. The van der Waals surface area contributed by atoms with Gasteiger partial charge in [-0.1, -0.05) is 24.3 Å². The van der Waals surface area contributed by atoms with Gasteiger partial charge in [-0.2, -0.15) is 0 Å². The molecular weight excluding hydrogens is 240 g/mol. The molecule has 1 atom stereocenters. The predicted molar refractivity (Wildman–Crippen MR) is 72.9 cm³/mol. The van der Waals surface area contributed by atoms with Crippen LogP contribution in [-0.4, -0.2) is 5.97 Å². The standard InChI is InChI=1S/C16H16O3/c1-3-7-14(15-11-10-12(2)18-15)19-16(17)13-8-5-4-6-9-13/h3-6,8-11,14H,1,7H2,2H3. The molecule has 0 saturated heterocycles. The maximum Gasteiger partial charge on any atom is 0.338 e. The summed E-state index contributed by atoms with van der Waals surface area (Å²) in [7, 11) is 0. The Morgan fingerprint density at radius 2 is 2.05 bits per heavy atom. The summed E-state index contributed by atoms with van der Waals surface area (Å²) in [6.07, 6.45) is 1.80. The zero-order chi connectivity index (χ0) is 13.7. The third kappa shape index (κ3) is 3.35. The summed E-state index contributed by atoms with van der Waals surface area (Å²) < 4.78 is 11.0. The van der Waals surface area contributed by atoms with Gasteiger partial charge in [0, 0.05) is 6.42 Å². The second-order valence-electron chi connectivity index (χ2n) is 4.23. The second kappa shape index (κ2) is 6.05. The molecule has 0 fully saturated rings. The Labute approximate surface area is 112 Å². The van der Waals surface area contributed by atoms with Crippen LogP contribution in [0, 0.1) is 6.92 Å². The van der Waals surface area contributed by atoms with Gasteiger partial charge < -0.3 is 9.15 Å². The highest BCUT2D eigenvalue weighted by Gasteiger charge is 2.19. The summed E-state index contributed by atoms with van der Waals surface area (Å²) in [6, 6.07) is 12.6. The average molecular weight is 256 g/mol. The number of ether oxygens (including phenoxy) is 1. The van der Waals surface area contributed by atoms with E-state index in [1.165, 1.54) is 0 Å². The van der Waals surface area contributed by atoms with E-state index < -0.39 is 6.10 Å². The van der Waals surface area contributed by atoms with Crippen LogP contribution >= 0.6 is 0 Å². The van der Waals surface area contributed by atoms with Crippen molar-refractivity contribution in [2.24, 2.45) is 0 Å². The second-order valence-corrected chi connectivity index (χ2v) is 4.23. The largest absolute Gasteiger partial charge is 0.462 e. The number of benzene rings is 1. The lowest BCUT2D eigenvalue weighted by molar-refractivity contribution is 0.0250. The third-order valence-electron chi connectivity index (χ3n) is 2.72. The van der Waals surface area contributed by atoms with Gasteiger partial charge in [-0.15, -0.1) is 6.58 Å². The van der Waals surface area contributed by atoms with E-state index in [2.05, 4.69) is 6.58 Å². The van der Waals surface area contributed by atoms with Crippen LogP contribution in [0.4, 0.5) is 0 Å². The third-order valence-corrected chi connectivity index (χ3v) is 2.72. The van der Waals surface area contributed by atoms with E-state index in [1.807, 2.05) is 25.1 Å². The number of carbonyl (C=O) groups is 1. The normalized spacial score (nSPS) is 11.8. The molecule has 2 rings (SSSR count). The fourth-order valence-electron chi connectivity index (χ4n) is 1.77. The molecule has 0 amide bonds. The lowest BCUT2D eigenvalue weighted by Gasteiger charge is -2.14. The lowest BCUT2D eigenvalue weighted by Crippen LogP contribution is -2.10. The van der Waals surface area contributed by atoms with Crippen LogP contribution in [-0.2, 0) is 4.74 Å². The van der Waals surface area contributed by atoms with E-state index in [0.717, 1.165) is 5.76 Å². The van der Waals surface area contributed by atoms with E-state index in [-0.39, 0.29) is 5.97 Å². The molecule has 0 aliphatic rings. The smallest absolute Gasteiger partial charge is 0.338 e. The zero-order valence-electron chi connectivity index (χ0n) is 10.8. The maximum atomic E-state index is 12.0. The molecule has 2 aromatic rings. The Bertz CT molecular complexity index is 554. The van der Waals surface area contributed by atoms with Crippen molar-refractivity contribution in [1.82, 2.24) is 0 Å². The molecule has 0 aliphatic heterocycles. The average Bonchev–Trinajstić information content (AvgIpc) is 2.86. The van der Waals surface area contributed by atoms with E-state index in [1.54, 1.807) is 30.3 Å². The molecule has 1 unspecified atom stereocenters. The number of esters is 1. The van der Waals surface area contributed by atoms with Crippen molar-refractivity contribution in [2.75, 3.05) is 0 Å². The highest BCUT2D eigenvalue weighted by atomic mass is 16.6. The van der Waals surface area contributed by atoms with Crippen LogP contribution in [0.15, 0.2) is 59.5 Å². The molecule has 1 heterocycles. The van der Waals surface area contributed by atoms with Crippen molar-refractivity contribution in [1.29, 1.82) is 0 Å². The minimum atomic E-state index is -0.432. The Morgan fingerprint density at radius 1 is 1.32 bits per heavy atom. The topological polar surface area (TPSA) is 39.4 Å². The van der Waals surface area contributed by atoms with Crippen LogP contribution in [0.3, 0.4) is 0 Å². The summed E-state index contributed by atoms with van der Waals surface area (Å²) >= 11 is 0. The van der Waals surface area contributed by atoms with Gasteiger partial charge in [0.05, 0.1) is 5.56 Å². The fraction of sp³-hybridized carbons (Fsp3) is 0.188. The van der Waals surface area contributed by atoms with Gasteiger partial charge in [0.15, 0.2) is 6.10 Å². The van der Waals surface area contributed by atoms with Gasteiger partial charge in [0.1, 0.15) is 11.5 Å². The molecule has 0 bridgehead atoms. The SMILES string of the molecule is C=CCC(OC(=O)c1ccccc1)c1ccc(C)o1. The van der Waals surface area contributed by atoms with Crippen molar-refractivity contribution in [3.8, 4) is 0 Å². The van der Waals surface area contributed by atoms with Crippen molar-refractivity contribution < 1.29 is 13.9 Å². The lowest BCUT2D eigenvalue weighted by atomic mass is 10.2. The van der Waals surface area contributed by atoms with E-state index in [9.17, 15) is 4.79 Å². The number of hydrogen-bond donors (Lipinski definition) is 0. The van der Waals surface area contributed by atoms with Gasteiger partial charge in [0.25, 0.3) is 0 Å². The minimum absolute atomic E-state index is 0.360. The molecule has 0 N–H and O–H groups in total. The highest BCUT2D eigenvalue weighted by molar-refractivity contribution is 5.89. The first kappa shape index (κ1) is 13.1. The molecule has 0 saturated carbocycles. The molecule has 98 valence electrons. The molecule has 19 heavy (non-hydrogen) atoms.